The fourth-order valence-electron chi connectivity index (χ4n) is 3.66. The maximum absolute atomic E-state index is 13.0. The van der Waals surface area contributed by atoms with Crippen molar-refractivity contribution in [1.82, 2.24) is 14.5 Å². The van der Waals surface area contributed by atoms with Gasteiger partial charge in [0.1, 0.15) is 24.3 Å². The highest BCUT2D eigenvalue weighted by atomic mass is 35.5. The van der Waals surface area contributed by atoms with Crippen molar-refractivity contribution < 1.29 is 14.2 Å². The van der Waals surface area contributed by atoms with Crippen LogP contribution in [0.5, 0.6) is 5.75 Å². The molecule has 1 atom stereocenters. The molecule has 1 unspecified atom stereocenters. The summed E-state index contributed by atoms with van der Waals surface area (Å²) in [4.78, 5) is 12.1. The van der Waals surface area contributed by atoms with E-state index in [-0.39, 0.29) is 30.5 Å². The number of hydrogen-bond donors (Lipinski definition) is 2. The summed E-state index contributed by atoms with van der Waals surface area (Å²) < 4.78 is 21.9. The summed E-state index contributed by atoms with van der Waals surface area (Å²) in [6.45, 7) is 1.44. The molecule has 3 aromatic carbocycles. The highest BCUT2D eigenvalue weighted by Gasteiger charge is 2.13. The molecule has 174 valence electrons. The molecule has 0 saturated carbocycles. The summed E-state index contributed by atoms with van der Waals surface area (Å²) in [5.74, 6) is 0.431. The third-order valence-corrected chi connectivity index (χ3v) is 5.58. The molecule has 8 heteroatoms. The number of ether oxygens (including phenoxy) is 1. The van der Waals surface area contributed by atoms with Crippen LogP contribution in [-0.4, -0.2) is 20.8 Å². The van der Waals surface area contributed by atoms with E-state index in [4.69, 9.17) is 4.74 Å². The molecule has 4 rings (SSSR count). The Morgan fingerprint density at radius 2 is 1.48 bits per heavy atom. The second-order valence-electron chi connectivity index (χ2n) is 7.85. The van der Waals surface area contributed by atoms with Gasteiger partial charge in [-0.25, -0.2) is 9.18 Å². The number of aromatic nitrogens is 2. The lowest BCUT2D eigenvalue weighted by molar-refractivity contribution is 0.108. The van der Waals surface area contributed by atoms with Crippen molar-refractivity contribution in [3.63, 3.8) is 0 Å². The summed E-state index contributed by atoms with van der Waals surface area (Å²) in [5.41, 5.74) is 4.30. The van der Waals surface area contributed by atoms with Crippen LogP contribution in [0.15, 0.2) is 71.5 Å². The summed E-state index contributed by atoms with van der Waals surface area (Å²) in [6.07, 6.45) is -0.813. The number of rotatable bonds is 8. The molecule has 1 heterocycles. The molecule has 6 nitrogen and oxygen atoms in total. The van der Waals surface area contributed by atoms with Crippen LogP contribution in [0.3, 0.4) is 0 Å². The Kier molecular flexibility index (Phi) is 7.92. The average molecular weight is 472 g/mol. The van der Waals surface area contributed by atoms with Gasteiger partial charge in [0.15, 0.2) is 0 Å². The number of aliphatic hydroxyl groups is 1. The van der Waals surface area contributed by atoms with Gasteiger partial charge < -0.3 is 15.2 Å². The quantitative estimate of drug-likeness (QED) is 0.409. The SMILES string of the molecule is Cl.Cn1c(=O)n(C)c2cc(C(O)COc3ccc(CNCc4ccc(F)cc4)cc3)ccc21. The van der Waals surface area contributed by atoms with Gasteiger partial charge in [0, 0.05) is 27.2 Å². The van der Waals surface area contributed by atoms with Crippen LogP contribution in [0, 0.1) is 5.82 Å². The van der Waals surface area contributed by atoms with Gasteiger partial charge in [-0.2, -0.15) is 0 Å². The first-order chi connectivity index (χ1) is 15.4. The number of imidazole rings is 1. The minimum absolute atomic E-state index is 0. The van der Waals surface area contributed by atoms with Gasteiger partial charge in [0.25, 0.3) is 0 Å². The second-order valence-corrected chi connectivity index (χ2v) is 7.85. The Balaban J connectivity index is 0.00000306. The zero-order chi connectivity index (χ0) is 22.7. The molecule has 0 spiro atoms. The Hall–Kier alpha value is -3.13. The number of nitrogens with one attached hydrogen (secondary N) is 1. The van der Waals surface area contributed by atoms with Crippen LogP contribution in [0.2, 0.25) is 0 Å². The van der Waals surface area contributed by atoms with Crippen LogP contribution in [0.4, 0.5) is 4.39 Å². The van der Waals surface area contributed by atoms with Crippen LogP contribution in [0.1, 0.15) is 22.8 Å². The zero-order valence-electron chi connectivity index (χ0n) is 18.5. The molecule has 2 N–H and O–H groups in total. The molecule has 0 aliphatic carbocycles. The predicted molar refractivity (Wildman–Crippen MR) is 129 cm³/mol. The van der Waals surface area contributed by atoms with Crippen LogP contribution < -0.4 is 15.7 Å². The fraction of sp³-hybridized carbons (Fsp3) is 0.240. The molecule has 4 aromatic rings. The summed E-state index contributed by atoms with van der Waals surface area (Å²) in [5, 5.41) is 13.9. The molecule has 0 radical (unpaired) electrons. The number of aliphatic hydroxyl groups excluding tert-OH is 1. The molecule has 0 aliphatic rings. The standard InChI is InChI=1S/C25H26FN3O3.ClH/c1-28-22-12-7-19(13-23(22)29(2)25(28)31)24(30)16-32-21-10-5-18(6-11-21)15-27-14-17-3-8-20(26)9-4-17;/h3-13,24,27,30H,14-16H2,1-2H3;1H. The first kappa shape index (κ1) is 24.5. The molecule has 0 aliphatic heterocycles. The van der Waals surface area contributed by atoms with Crippen LogP contribution in [0.25, 0.3) is 11.0 Å². The summed E-state index contributed by atoms with van der Waals surface area (Å²) in [6, 6.07) is 19.6. The lowest BCUT2D eigenvalue weighted by atomic mass is 10.1. The first-order valence-electron chi connectivity index (χ1n) is 10.4. The van der Waals surface area contributed by atoms with Crippen molar-refractivity contribution in [2.24, 2.45) is 14.1 Å². The maximum Gasteiger partial charge on any atom is 0.328 e. The largest absolute Gasteiger partial charge is 0.491 e. The van der Waals surface area contributed by atoms with Crippen molar-refractivity contribution in [2.45, 2.75) is 19.2 Å². The van der Waals surface area contributed by atoms with Crippen molar-refractivity contribution >= 4 is 23.4 Å². The Labute approximate surface area is 197 Å². The van der Waals surface area contributed by atoms with Gasteiger partial charge in [0.2, 0.25) is 0 Å². The van der Waals surface area contributed by atoms with Crippen LogP contribution >= 0.6 is 12.4 Å². The maximum atomic E-state index is 13.0. The third kappa shape index (κ3) is 5.63. The van der Waals surface area contributed by atoms with Gasteiger partial charge in [-0.3, -0.25) is 9.13 Å². The number of aryl methyl sites for hydroxylation is 2. The van der Waals surface area contributed by atoms with E-state index in [1.165, 1.54) is 12.1 Å². The average Bonchev–Trinajstić information content (AvgIpc) is 3.03. The monoisotopic (exact) mass is 471 g/mol. The van der Waals surface area contributed by atoms with Gasteiger partial charge >= 0.3 is 5.69 Å². The Morgan fingerprint density at radius 1 is 0.909 bits per heavy atom. The van der Waals surface area contributed by atoms with Crippen molar-refractivity contribution in [3.8, 4) is 5.75 Å². The van der Waals surface area contributed by atoms with Crippen LogP contribution in [-0.2, 0) is 27.2 Å². The summed E-state index contributed by atoms with van der Waals surface area (Å²) in [7, 11) is 3.44. The molecule has 0 amide bonds. The third-order valence-electron chi connectivity index (χ3n) is 5.58. The molecular formula is C25H27ClFN3O3. The molecule has 33 heavy (non-hydrogen) atoms. The second kappa shape index (κ2) is 10.7. The van der Waals surface area contributed by atoms with Crippen molar-refractivity contribution in [1.29, 1.82) is 0 Å². The normalized spacial score (nSPS) is 11.9. The van der Waals surface area contributed by atoms with Gasteiger partial charge in [0.05, 0.1) is 11.0 Å². The number of benzene rings is 3. The minimum atomic E-state index is -0.813. The van der Waals surface area contributed by atoms with E-state index < -0.39 is 6.10 Å². The smallest absolute Gasteiger partial charge is 0.328 e. The van der Waals surface area contributed by atoms with E-state index >= 15 is 0 Å². The molecule has 1 aromatic heterocycles. The molecule has 0 saturated heterocycles. The van der Waals surface area contributed by atoms with Gasteiger partial charge in [-0.05, 0) is 53.1 Å². The molecule has 0 fully saturated rings. The highest BCUT2D eigenvalue weighted by Crippen LogP contribution is 2.21. The van der Waals surface area contributed by atoms with Gasteiger partial charge in [-0.1, -0.05) is 30.3 Å². The zero-order valence-corrected chi connectivity index (χ0v) is 19.3. The Morgan fingerprint density at radius 3 is 2.12 bits per heavy atom. The number of nitrogens with zero attached hydrogens (tertiary/aromatic N) is 2. The minimum Gasteiger partial charge on any atom is -0.491 e. The lowest BCUT2D eigenvalue weighted by Crippen LogP contribution is -2.19. The van der Waals surface area contributed by atoms with E-state index in [2.05, 4.69) is 5.32 Å². The van der Waals surface area contributed by atoms with Gasteiger partial charge in [-0.15, -0.1) is 12.4 Å². The van der Waals surface area contributed by atoms with E-state index in [0.29, 0.717) is 24.4 Å². The lowest BCUT2D eigenvalue weighted by Gasteiger charge is -2.14. The first-order valence-corrected chi connectivity index (χ1v) is 10.4. The van der Waals surface area contributed by atoms with E-state index in [1.54, 1.807) is 35.4 Å². The fourth-order valence-corrected chi connectivity index (χ4v) is 3.66. The van der Waals surface area contributed by atoms with Crippen molar-refractivity contribution in [2.75, 3.05) is 6.61 Å². The number of fused-ring (bicyclic) bond motifs is 1. The number of halogens is 2. The van der Waals surface area contributed by atoms with E-state index in [0.717, 1.165) is 22.2 Å². The predicted octanol–water partition coefficient (Wildman–Crippen LogP) is 3.84. The molecule has 0 bridgehead atoms. The Bertz CT molecular complexity index is 1270. The van der Waals surface area contributed by atoms with Crippen molar-refractivity contribution in [3.05, 3.63) is 99.7 Å². The number of hydrogen-bond acceptors (Lipinski definition) is 4. The van der Waals surface area contributed by atoms with E-state index in [9.17, 15) is 14.3 Å². The summed E-state index contributed by atoms with van der Waals surface area (Å²) >= 11 is 0. The molecular weight excluding hydrogens is 445 g/mol. The highest BCUT2D eigenvalue weighted by molar-refractivity contribution is 5.85. The topological polar surface area (TPSA) is 68.4 Å². The van der Waals surface area contributed by atoms with E-state index in [1.807, 2.05) is 42.5 Å².